The van der Waals surface area contributed by atoms with Crippen molar-refractivity contribution < 1.29 is 9.00 Å². The molecule has 1 rings (SSSR count). The van der Waals surface area contributed by atoms with Crippen molar-refractivity contribution in [3.8, 4) is 0 Å². The van der Waals surface area contributed by atoms with Gasteiger partial charge in [-0.3, -0.25) is 4.79 Å². The van der Waals surface area contributed by atoms with E-state index in [1.54, 1.807) is 24.3 Å². The smallest absolute Gasteiger partial charge is 0.266 e. The summed E-state index contributed by atoms with van der Waals surface area (Å²) in [5.41, 5.74) is 1.36. The molecule has 0 aliphatic heterocycles. The van der Waals surface area contributed by atoms with Crippen LogP contribution in [0.4, 0.5) is 0 Å². The van der Waals surface area contributed by atoms with Crippen molar-refractivity contribution in [2.75, 3.05) is 12.5 Å². The molecule has 0 saturated carbocycles. The Kier molecular flexibility index (Phi) is 3.88. The summed E-state index contributed by atoms with van der Waals surface area (Å²) in [5, 5.41) is 0. The highest BCUT2D eigenvalue weighted by molar-refractivity contribution is 7.92. The second-order valence-electron chi connectivity index (χ2n) is 3.41. The topological polar surface area (TPSA) is 46.5 Å². The van der Waals surface area contributed by atoms with E-state index >= 15 is 0 Å². The number of halogens is 1. The molecular weight excluding hydrogens is 234 g/mol. The maximum absolute atomic E-state index is 11.5. The lowest BCUT2D eigenvalue weighted by atomic mass is 10.1. The molecule has 15 heavy (non-hydrogen) atoms. The molecule has 0 radical (unpaired) electrons. The Balaban J connectivity index is 2.99. The van der Waals surface area contributed by atoms with Crippen molar-refractivity contribution in [3.05, 3.63) is 35.4 Å². The van der Waals surface area contributed by atoms with E-state index in [1.807, 2.05) is 0 Å². The number of alkyl halides is 1. The van der Waals surface area contributed by atoms with Crippen LogP contribution in [0.2, 0.25) is 0 Å². The van der Waals surface area contributed by atoms with Crippen molar-refractivity contribution >= 4 is 27.2 Å². The van der Waals surface area contributed by atoms with E-state index in [9.17, 15) is 9.00 Å². The van der Waals surface area contributed by atoms with Gasteiger partial charge in [-0.2, -0.15) is 4.36 Å². The number of nitrogens with zero attached hydrogens (tertiary/aromatic N) is 1. The Morgan fingerprint density at radius 1 is 1.33 bits per heavy atom. The summed E-state index contributed by atoms with van der Waals surface area (Å²) in [6.07, 6.45) is 2.86. The van der Waals surface area contributed by atoms with Crippen LogP contribution in [0.3, 0.4) is 0 Å². The molecule has 1 aromatic carbocycles. The van der Waals surface area contributed by atoms with Crippen molar-refractivity contribution in [1.29, 1.82) is 0 Å². The summed E-state index contributed by atoms with van der Waals surface area (Å²) in [5.74, 6) is -0.0460. The van der Waals surface area contributed by atoms with E-state index < -0.39 is 15.6 Å². The fraction of sp³-hybridized carbons (Fsp3) is 0.300. The highest BCUT2D eigenvalue weighted by atomic mass is 35.5. The molecule has 0 atom stereocenters. The highest BCUT2D eigenvalue weighted by Gasteiger charge is 2.05. The summed E-state index contributed by atoms with van der Waals surface area (Å²) >= 11 is 5.61. The zero-order chi connectivity index (χ0) is 11.5. The average Bonchev–Trinajstić information content (AvgIpc) is 2.15. The van der Waals surface area contributed by atoms with Crippen LogP contribution in [0.1, 0.15) is 15.9 Å². The number of carbonyl (C=O) groups excluding carboxylic acids is 1. The minimum Gasteiger partial charge on any atom is -0.266 e. The first kappa shape index (κ1) is 12.2. The molecule has 0 aliphatic rings. The predicted molar refractivity (Wildman–Crippen MR) is 62.7 cm³/mol. The third-order valence-electron chi connectivity index (χ3n) is 1.66. The van der Waals surface area contributed by atoms with Crippen LogP contribution in [0, 0.1) is 0 Å². The molecule has 3 nitrogen and oxygen atoms in total. The lowest BCUT2D eigenvalue weighted by Crippen LogP contribution is -2.00. The molecule has 82 valence electrons. The summed E-state index contributed by atoms with van der Waals surface area (Å²) in [6.45, 7) is 0. The number of rotatable bonds is 2. The first-order valence-electron chi connectivity index (χ1n) is 4.29. The Morgan fingerprint density at radius 3 is 2.27 bits per heavy atom. The van der Waals surface area contributed by atoms with Crippen LogP contribution in [-0.4, -0.2) is 22.6 Å². The van der Waals surface area contributed by atoms with Gasteiger partial charge in [0.2, 0.25) is 0 Å². The number of benzene rings is 1. The zero-order valence-electron chi connectivity index (χ0n) is 8.57. The molecule has 0 fully saturated rings. The Hall–Kier alpha value is -0.870. The Bertz CT molecular complexity index is 465. The molecule has 5 heteroatoms. The van der Waals surface area contributed by atoms with Gasteiger partial charge in [0.05, 0.1) is 0 Å². The summed E-state index contributed by atoms with van der Waals surface area (Å²) in [6, 6.07) is 6.77. The maximum Gasteiger partial charge on any atom is 0.285 e. The highest BCUT2D eigenvalue weighted by Crippen LogP contribution is 2.08. The zero-order valence-corrected chi connectivity index (χ0v) is 10.1. The monoisotopic (exact) mass is 245 g/mol. The third kappa shape index (κ3) is 4.01. The van der Waals surface area contributed by atoms with E-state index in [1.165, 1.54) is 12.5 Å². The van der Waals surface area contributed by atoms with Crippen LogP contribution >= 0.6 is 11.6 Å². The van der Waals surface area contributed by atoms with Gasteiger partial charge in [-0.25, -0.2) is 4.21 Å². The molecule has 0 bridgehead atoms. The number of amides is 1. The summed E-state index contributed by atoms with van der Waals surface area (Å²) in [7, 11) is -2.39. The first-order chi connectivity index (χ1) is 6.92. The van der Waals surface area contributed by atoms with Crippen LogP contribution in [0.25, 0.3) is 0 Å². The lowest BCUT2D eigenvalue weighted by Gasteiger charge is -1.98. The quantitative estimate of drug-likeness (QED) is 0.751. The van der Waals surface area contributed by atoms with E-state index in [0.717, 1.165) is 5.56 Å². The van der Waals surface area contributed by atoms with Crippen molar-refractivity contribution in [2.24, 2.45) is 4.36 Å². The second kappa shape index (κ2) is 4.77. The minimum atomic E-state index is -2.39. The number of carbonyl (C=O) groups is 1. The second-order valence-corrected chi connectivity index (χ2v) is 6.22. The van der Waals surface area contributed by atoms with Crippen LogP contribution < -0.4 is 0 Å². The van der Waals surface area contributed by atoms with Gasteiger partial charge in [0.15, 0.2) is 0 Å². The summed E-state index contributed by atoms with van der Waals surface area (Å²) in [4.78, 5) is 11.5. The minimum absolute atomic E-state index is 0.407. The van der Waals surface area contributed by atoms with Crippen LogP contribution in [-0.2, 0) is 15.6 Å². The molecular formula is C10H12ClNO2S. The SMILES string of the molecule is CS(C)(=O)=NC(=O)c1ccc(CCl)cc1. The molecule has 0 saturated heterocycles. The van der Waals surface area contributed by atoms with Gasteiger partial charge in [0.25, 0.3) is 5.91 Å². The number of hydrogen-bond acceptors (Lipinski definition) is 2. The molecule has 1 aromatic rings. The number of hydrogen-bond donors (Lipinski definition) is 0. The van der Waals surface area contributed by atoms with E-state index in [-0.39, 0.29) is 0 Å². The van der Waals surface area contributed by atoms with Crippen molar-refractivity contribution in [3.63, 3.8) is 0 Å². The molecule has 0 spiro atoms. The first-order valence-corrected chi connectivity index (χ1v) is 7.15. The molecule has 0 aromatic heterocycles. The van der Waals surface area contributed by atoms with Gasteiger partial charge >= 0.3 is 0 Å². The third-order valence-corrected chi connectivity index (χ3v) is 2.57. The molecule has 0 heterocycles. The van der Waals surface area contributed by atoms with Gasteiger partial charge < -0.3 is 0 Å². The molecule has 1 amide bonds. The van der Waals surface area contributed by atoms with Gasteiger partial charge in [-0.15, -0.1) is 11.6 Å². The lowest BCUT2D eigenvalue weighted by molar-refractivity contribution is 0.100. The molecule has 0 aliphatic carbocycles. The largest absolute Gasteiger partial charge is 0.285 e. The predicted octanol–water partition coefficient (Wildman–Crippen LogP) is 2.29. The normalized spacial score (nSPS) is 11.1. The van der Waals surface area contributed by atoms with Crippen LogP contribution in [0.15, 0.2) is 28.6 Å². The maximum atomic E-state index is 11.5. The van der Waals surface area contributed by atoms with E-state index in [2.05, 4.69) is 4.36 Å². The van der Waals surface area contributed by atoms with Crippen molar-refractivity contribution in [2.45, 2.75) is 5.88 Å². The standard InChI is InChI=1S/C10H12ClNO2S/c1-15(2,14)12-10(13)9-5-3-8(7-11)4-6-9/h3-6H,7H2,1-2H3. The van der Waals surface area contributed by atoms with Crippen LogP contribution in [0.5, 0.6) is 0 Å². The molecule has 0 N–H and O–H groups in total. The van der Waals surface area contributed by atoms with Gasteiger partial charge in [0.1, 0.15) is 0 Å². The summed E-state index contributed by atoms with van der Waals surface area (Å²) < 4.78 is 14.9. The Morgan fingerprint density at radius 2 is 1.87 bits per heavy atom. The van der Waals surface area contributed by atoms with Gasteiger partial charge in [-0.05, 0) is 17.7 Å². The average molecular weight is 246 g/mol. The fourth-order valence-corrected chi connectivity index (χ4v) is 1.67. The van der Waals surface area contributed by atoms with Gasteiger partial charge in [-0.1, -0.05) is 12.1 Å². The van der Waals surface area contributed by atoms with E-state index in [0.29, 0.717) is 11.4 Å². The molecule has 0 unspecified atom stereocenters. The Labute approximate surface area is 94.6 Å². The van der Waals surface area contributed by atoms with Crippen molar-refractivity contribution in [1.82, 2.24) is 0 Å². The fourth-order valence-electron chi connectivity index (χ4n) is 0.989. The van der Waals surface area contributed by atoms with E-state index in [4.69, 9.17) is 11.6 Å². The van der Waals surface area contributed by atoms with Gasteiger partial charge in [0, 0.05) is 33.7 Å².